The van der Waals surface area contributed by atoms with E-state index in [2.05, 4.69) is 10.6 Å². The number of allylic oxidation sites excluding steroid dienone is 1. The van der Waals surface area contributed by atoms with E-state index in [0.717, 1.165) is 11.1 Å². The minimum atomic E-state index is -0.523. The summed E-state index contributed by atoms with van der Waals surface area (Å²) in [7, 11) is 0. The number of thioether (sulfide) groups is 1. The van der Waals surface area contributed by atoms with Crippen LogP contribution in [0.15, 0.2) is 89.2 Å². The van der Waals surface area contributed by atoms with Gasteiger partial charge in [0.05, 0.1) is 17.9 Å². The average molecular weight is 567 g/mol. The molecule has 0 fully saturated rings. The lowest BCUT2D eigenvalue weighted by molar-refractivity contribution is -0.113. The highest BCUT2D eigenvalue weighted by Crippen LogP contribution is 2.38. The Balaban J connectivity index is 1.49. The molecule has 0 aliphatic carbocycles. The van der Waals surface area contributed by atoms with Gasteiger partial charge >= 0.3 is 0 Å². The molecule has 1 atom stereocenters. The number of carbonyl (C=O) groups excluding carboxylic acids is 1. The zero-order chi connectivity index (χ0) is 26.6. The molecule has 0 saturated carbocycles. The van der Waals surface area contributed by atoms with Crippen LogP contribution in [0.3, 0.4) is 0 Å². The maximum absolute atomic E-state index is 13.8. The summed E-state index contributed by atoms with van der Waals surface area (Å²) in [5, 5.41) is 13.0. The van der Waals surface area contributed by atoms with Crippen LogP contribution in [0.25, 0.3) is 0 Å². The molecule has 0 bridgehead atoms. The summed E-state index contributed by atoms with van der Waals surface area (Å²) >= 11 is 14.0. The number of nitrogens with one attached hydrogen (secondary N) is 2. The van der Waals surface area contributed by atoms with E-state index in [1.807, 2.05) is 74.5 Å². The Hall–Kier alpha value is -3.46. The molecule has 1 unspecified atom stereocenters. The number of fused-ring (bicyclic) bond motifs is 1. The Kier molecular flexibility index (Phi) is 7.93. The standard InChI is InChI=1S/C28H25Cl2N5O2S/c1-3-37-23-11-7-6-10-22(23)32-26(36)24-17(2)31-27-33-28(38-16-19-8-4-5-9-21(19)30)34-35(27)25(24)18-12-14-20(29)15-13-18/h4-15,25H,3,16H2,1-2H3,(H,32,36)(H,31,33,34). The Morgan fingerprint density at radius 3 is 2.58 bits per heavy atom. The molecule has 1 aromatic heterocycles. The topological polar surface area (TPSA) is 81.1 Å². The van der Waals surface area contributed by atoms with E-state index < -0.39 is 6.04 Å². The van der Waals surface area contributed by atoms with Crippen molar-refractivity contribution in [1.82, 2.24) is 14.8 Å². The normalized spacial score (nSPS) is 14.6. The van der Waals surface area contributed by atoms with E-state index in [0.29, 0.717) is 56.2 Å². The first-order valence-corrected chi connectivity index (χ1v) is 13.8. The zero-order valence-electron chi connectivity index (χ0n) is 20.7. The van der Waals surface area contributed by atoms with E-state index in [1.54, 1.807) is 16.8 Å². The lowest BCUT2D eigenvalue weighted by Crippen LogP contribution is -2.31. The lowest BCUT2D eigenvalue weighted by Gasteiger charge is -2.28. The summed E-state index contributed by atoms with van der Waals surface area (Å²) in [6, 6.07) is 21.9. The van der Waals surface area contributed by atoms with Crippen LogP contribution in [0, 0.1) is 0 Å². The van der Waals surface area contributed by atoms with Gasteiger partial charge in [0, 0.05) is 21.5 Å². The number of rotatable bonds is 8. The van der Waals surface area contributed by atoms with Crippen molar-refractivity contribution in [2.45, 2.75) is 30.8 Å². The molecule has 10 heteroatoms. The van der Waals surface area contributed by atoms with Gasteiger partial charge in [-0.05, 0) is 55.3 Å². The first kappa shape index (κ1) is 26.2. The third-order valence-corrected chi connectivity index (χ3v) is 7.52. The SMILES string of the molecule is CCOc1ccccc1NC(=O)C1=C(C)Nc2nc(SCc3ccccc3Cl)nn2C1c1ccc(Cl)cc1. The van der Waals surface area contributed by atoms with Gasteiger partial charge in [-0.1, -0.05) is 77.4 Å². The number of hydrogen-bond donors (Lipinski definition) is 2. The van der Waals surface area contributed by atoms with Crippen molar-refractivity contribution in [3.63, 3.8) is 0 Å². The molecule has 3 aromatic carbocycles. The van der Waals surface area contributed by atoms with Gasteiger partial charge in [0.2, 0.25) is 11.1 Å². The van der Waals surface area contributed by atoms with Crippen LogP contribution in [0.5, 0.6) is 5.75 Å². The number of carbonyl (C=O) groups is 1. The van der Waals surface area contributed by atoms with Crippen molar-refractivity contribution in [1.29, 1.82) is 0 Å². The molecule has 0 saturated heterocycles. The van der Waals surface area contributed by atoms with Gasteiger partial charge in [-0.25, -0.2) is 4.68 Å². The third kappa shape index (κ3) is 5.53. The van der Waals surface area contributed by atoms with Crippen LogP contribution in [0.4, 0.5) is 11.6 Å². The number of hydrogen-bond acceptors (Lipinski definition) is 6. The summed E-state index contributed by atoms with van der Waals surface area (Å²) in [6.07, 6.45) is 0. The quantitative estimate of drug-likeness (QED) is 0.220. The molecule has 0 radical (unpaired) electrons. The first-order valence-electron chi connectivity index (χ1n) is 12.0. The lowest BCUT2D eigenvalue weighted by atomic mass is 9.95. The predicted octanol–water partition coefficient (Wildman–Crippen LogP) is 7.20. The van der Waals surface area contributed by atoms with Gasteiger partial charge < -0.3 is 15.4 Å². The molecule has 4 aromatic rings. The summed E-state index contributed by atoms with van der Waals surface area (Å²) in [5.41, 5.74) is 3.64. The first-order chi connectivity index (χ1) is 18.4. The molecule has 5 rings (SSSR count). The van der Waals surface area contributed by atoms with Crippen molar-refractivity contribution in [3.8, 4) is 5.75 Å². The fourth-order valence-electron chi connectivity index (χ4n) is 4.24. The molecule has 7 nitrogen and oxygen atoms in total. The zero-order valence-corrected chi connectivity index (χ0v) is 23.1. The number of nitrogens with zero attached hydrogens (tertiary/aromatic N) is 3. The molecule has 38 heavy (non-hydrogen) atoms. The van der Waals surface area contributed by atoms with Gasteiger partial charge in [-0.15, -0.1) is 5.10 Å². The third-order valence-electron chi connectivity index (χ3n) is 6.01. The molecule has 2 N–H and O–H groups in total. The number of aromatic nitrogens is 3. The monoisotopic (exact) mass is 565 g/mol. The molecule has 1 aliphatic heterocycles. The highest BCUT2D eigenvalue weighted by Gasteiger charge is 2.34. The van der Waals surface area contributed by atoms with Crippen LogP contribution in [-0.2, 0) is 10.5 Å². The Morgan fingerprint density at radius 1 is 1.08 bits per heavy atom. The van der Waals surface area contributed by atoms with E-state index in [-0.39, 0.29) is 5.91 Å². The Labute approximate surface area is 235 Å². The second-order valence-corrected chi connectivity index (χ2v) is 10.3. The number of benzene rings is 3. The van der Waals surface area contributed by atoms with E-state index in [4.69, 9.17) is 38.0 Å². The highest BCUT2D eigenvalue weighted by atomic mass is 35.5. The fraction of sp³-hybridized carbons (Fsp3) is 0.179. The smallest absolute Gasteiger partial charge is 0.255 e. The molecule has 2 heterocycles. The number of para-hydroxylation sites is 2. The summed E-state index contributed by atoms with van der Waals surface area (Å²) < 4.78 is 7.45. The van der Waals surface area contributed by atoms with Crippen molar-refractivity contribution in [2.75, 3.05) is 17.2 Å². The van der Waals surface area contributed by atoms with Gasteiger partial charge in [0.15, 0.2) is 0 Å². The van der Waals surface area contributed by atoms with Crippen LogP contribution in [0.1, 0.15) is 31.0 Å². The second kappa shape index (κ2) is 11.5. The molecule has 0 spiro atoms. The molecule has 1 amide bonds. The van der Waals surface area contributed by atoms with Crippen LogP contribution in [-0.4, -0.2) is 27.3 Å². The summed E-state index contributed by atoms with van der Waals surface area (Å²) in [5.74, 6) is 1.50. The van der Waals surface area contributed by atoms with Crippen molar-refractivity contribution in [3.05, 3.63) is 105 Å². The van der Waals surface area contributed by atoms with E-state index in [1.165, 1.54) is 11.8 Å². The second-order valence-electron chi connectivity index (χ2n) is 8.54. The maximum atomic E-state index is 13.8. The number of anilines is 2. The molecule has 1 aliphatic rings. The van der Waals surface area contributed by atoms with E-state index >= 15 is 0 Å². The van der Waals surface area contributed by atoms with Crippen LogP contribution >= 0.6 is 35.0 Å². The summed E-state index contributed by atoms with van der Waals surface area (Å²) in [4.78, 5) is 18.5. The van der Waals surface area contributed by atoms with Crippen molar-refractivity contribution >= 4 is 52.5 Å². The largest absolute Gasteiger partial charge is 0.492 e. The fourth-order valence-corrected chi connectivity index (χ4v) is 5.48. The van der Waals surface area contributed by atoms with Crippen LogP contribution in [0.2, 0.25) is 10.0 Å². The minimum absolute atomic E-state index is 0.270. The van der Waals surface area contributed by atoms with Gasteiger partial charge in [-0.2, -0.15) is 4.98 Å². The van der Waals surface area contributed by atoms with Crippen molar-refractivity contribution < 1.29 is 9.53 Å². The summed E-state index contributed by atoms with van der Waals surface area (Å²) in [6.45, 7) is 4.25. The van der Waals surface area contributed by atoms with E-state index in [9.17, 15) is 4.79 Å². The Morgan fingerprint density at radius 2 is 1.82 bits per heavy atom. The minimum Gasteiger partial charge on any atom is -0.492 e. The van der Waals surface area contributed by atoms with Crippen molar-refractivity contribution in [2.24, 2.45) is 0 Å². The van der Waals surface area contributed by atoms with Crippen LogP contribution < -0.4 is 15.4 Å². The number of halogens is 2. The number of ether oxygens (including phenoxy) is 1. The molecular formula is C28H25Cl2N5O2S. The van der Waals surface area contributed by atoms with Gasteiger partial charge in [-0.3, -0.25) is 4.79 Å². The van der Waals surface area contributed by atoms with Gasteiger partial charge in [0.25, 0.3) is 5.91 Å². The Bertz CT molecular complexity index is 1500. The average Bonchev–Trinajstić information content (AvgIpc) is 3.31. The maximum Gasteiger partial charge on any atom is 0.255 e. The van der Waals surface area contributed by atoms with Gasteiger partial charge in [0.1, 0.15) is 11.8 Å². The molecular weight excluding hydrogens is 541 g/mol. The number of amides is 1. The predicted molar refractivity (Wildman–Crippen MR) is 153 cm³/mol. The highest BCUT2D eigenvalue weighted by molar-refractivity contribution is 7.98. The molecule has 194 valence electrons.